The van der Waals surface area contributed by atoms with Crippen molar-refractivity contribution >= 4 is 0 Å². The molecule has 0 fully saturated rings. The average molecular weight is 228 g/mol. The monoisotopic (exact) mass is 228 g/mol. The molecule has 0 spiro atoms. The summed E-state index contributed by atoms with van der Waals surface area (Å²) in [5.41, 5.74) is 7.11. The lowest BCUT2D eigenvalue weighted by molar-refractivity contribution is 0.627. The second-order valence-electron chi connectivity index (χ2n) is 4.71. The van der Waals surface area contributed by atoms with Gasteiger partial charge >= 0.3 is 0 Å². The number of hydrogen-bond donors (Lipinski definition) is 0. The molecule has 1 heteroatoms. The van der Waals surface area contributed by atoms with E-state index in [1.807, 2.05) is 13.0 Å². The highest BCUT2D eigenvalue weighted by molar-refractivity contribution is 5.71. The Balaban J connectivity index is 2.64. The first-order valence-electron chi connectivity index (χ1n) is 5.83. The molecular formula is C16H17F. The normalized spacial score (nSPS) is 10.6. The van der Waals surface area contributed by atoms with Crippen molar-refractivity contribution in [3.63, 3.8) is 0 Å². The van der Waals surface area contributed by atoms with E-state index in [4.69, 9.17) is 0 Å². The molecule has 0 bridgehead atoms. The largest absolute Gasteiger partial charge is 0.207 e. The van der Waals surface area contributed by atoms with Crippen LogP contribution in [0.15, 0.2) is 30.3 Å². The minimum absolute atomic E-state index is 0.173. The Bertz CT molecular complexity index is 568. The molecule has 0 aliphatic rings. The second kappa shape index (κ2) is 4.33. The van der Waals surface area contributed by atoms with Gasteiger partial charge in [-0.25, -0.2) is 4.39 Å². The smallest absolute Gasteiger partial charge is 0.123 e. The van der Waals surface area contributed by atoms with Crippen LogP contribution in [-0.2, 0) is 0 Å². The molecule has 0 saturated carbocycles. The van der Waals surface area contributed by atoms with Crippen LogP contribution in [0.2, 0.25) is 0 Å². The van der Waals surface area contributed by atoms with Crippen LogP contribution >= 0.6 is 0 Å². The van der Waals surface area contributed by atoms with Crippen molar-refractivity contribution in [2.75, 3.05) is 0 Å². The van der Waals surface area contributed by atoms with Crippen LogP contribution in [0.5, 0.6) is 0 Å². The summed E-state index contributed by atoms with van der Waals surface area (Å²) in [4.78, 5) is 0. The predicted octanol–water partition coefficient (Wildman–Crippen LogP) is 4.73. The fourth-order valence-corrected chi connectivity index (χ4v) is 2.18. The Morgan fingerprint density at radius 2 is 1.24 bits per heavy atom. The molecule has 0 heterocycles. The zero-order valence-corrected chi connectivity index (χ0v) is 10.8. The molecule has 0 radical (unpaired) electrons. The summed E-state index contributed by atoms with van der Waals surface area (Å²) < 4.78 is 13.1. The topological polar surface area (TPSA) is 0 Å². The van der Waals surface area contributed by atoms with Crippen molar-refractivity contribution < 1.29 is 4.39 Å². The summed E-state index contributed by atoms with van der Waals surface area (Å²) in [6.45, 7) is 8.28. The molecule has 0 nitrogen and oxygen atoms in total. The lowest BCUT2D eigenvalue weighted by Gasteiger charge is -2.12. The molecule has 0 aliphatic carbocycles. The van der Waals surface area contributed by atoms with Gasteiger partial charge < -0.3 is 0 Å². The van der Waals surface area contributed by atoms with Gasteiger partial charge in [0.1, 0.15) is 5.82 Å². The summed E-state index contributed by atoms with van der Waals surface area (Å²) in [5, 5.41) is 0. The molecule has 17 heavy (non-hydrogen) atoms. The Morgan fingerprint density at radius 1 is 0.647 bits per heavy atom. The SMILES string of the molecule is Cc1cc(C)c(-c2ccc(F)cc2C)cc1C. The maximum atomic E-state index is 13.1. The van der Waals surface area contributed by atoms with Gasteiger partial charge in [-0.15, -0.1) is 0 Å². The van der Waals surface area contributed by atoms with E-state index in [0.29, 0.717) is 0 Å². The molecule has 2 aromatic rings. The van der Waals surface area contributed by atoms with Gasteiger partial charge in [0.05, 0.1) is 0 Å². The third kappa shape index (κ3) is 2.23. The molecule has 0 amide bonds. The number of rotatable bonds is 1. The lowest BCUT2D eigenvalue weighted by Crippen LogP contribution is -1.91. The zero-order chi connectivity index (χ0) is 12.6. The van der Waals surface area contributed by atoms with Gasteiger partial charge in [-0.1, -0.05) is 18.2 Å². The van der Waals surface area contributed by atoms with Gasteiger partial charge in [-0.2, -0.15) is 0 Å². The highest BCUT2D eigenvalue weighted by atomic mass is 19.1. The molecule has 2 rings (SSSR count). The molecule has 0 atom stereocenters. The quantitative estimate of drug-likeness (QED) is 0.662. The average Bonchev–Trinajstić information content (AvgIpc) is 2.24. The lowest BCUT2D eigenvalue weighted by atomic mass is 9.93. The summed E-state index contributed by atoms with van der Waals surface area (Å²) >= 11 is 0. The predicted molar refractivity (Wildman–Crippen MR) is 70.8 cm³/mol. The van der Waals surface area contributed by atoms with Crippen LogP contribution < -0.4 is 0 Å². The Hall–Kier alpha value is -1.63. The fourth-order valence-electron chi connectivity index (χ4n) is 2.18. The van der Waals surface area contributed by atoms with Gasteiger partial charge in [0, 0.05) is 0 Å². The molecule has 2 aromatic carbocycles. The minimum atomic E-state index is -0.173. The molecule has 0 N–H and O–H groups in total. The number of halogens is 1. The van der Waals surface area contributed by atoms with E-state index >= 15 is 0 Å². The van der Waals surface area contributed by atoms with Crippen molar-refractivity contribution in [2.45, 2.75) is 27.7 Å². The van der Waals surface area contributed by atoms with Gasteiger partial charge in [0.25, 0.3) is 0 Å². The van der Waals surface area contributed by atoms with E-state index in [2.05, 4.69) is 32.9 Å². The van der Waals surface area contributed by atoms with Crippen molar-refractivity contribution in [3.8, 4) is 11.1 Å². The molecule has 0 aliphatic heterocycles. The fraction of sp³-hybridized carbons (Fsp3) is 0.250. The third-order valence-electron chi connectivity index (χ3n) is 3.32. The first kappa shape index (κ1) is 11.8. The van der Waals surface area contributed by atoms with E-state index in [-0.39, 0.29) is 5.82 Å². The number of hydrogen-bond acceptors (Lipinski definition) is 0. The van der Waals surface area contributed by atoms with Crippen molar-refractivity contribution in [1.29, 1.82) is 0 Å². The van der Waals surface area contributed by atoms with Crippen LogP contribution in [0, 0.1) is 33.5 Å². The molecule has 88 valence electrons. The Kier molecular flexibility index (Phi) is 3.01. The summed E-state index contributed by atoms with van der Waals surface area (Å²) in [5.74, 6) is -0.173. The van der Waals surface area contributed by atoms with Crippen molar-refractivity contribution in [3.05, 3.63) is 58.4 Å². The Labute approximate surface area is 102 Å². The standard InChI is InChI=1S/C16H17F/c1-10-7-12(3)16(9-11(10)2)15-6-5-14(17)8-13(15)4/h5-9H,1-4H3. The van der Waals surface area contributed by atoms with Gasteiger partial charge in [-0.3, -0.25) is 0 Å². The first-order chi connectivity index (χ1) is 7.99. The number of aryl methyl sites for hydroxylation is 4. The van der Waals surface area contributed by atoms with E-state index < -0.39 is 0 Å². The van der Waals surface area contributed by atoms with Gasteiger partial charge in [0.2, 0.25) is 0 Å². The highest BCUT2D eigenvalue weighted by Crippen LogP contribution is 2.29. The molecule has 0 saturated heterocycles. The highest BCUT2D eigenvalue weighted by Gasteiger charge is 2.07. The summed E-state index contributed by atoms with van der Waals surface area (Å²) in [6, 6.07) is 9.35. The van der Waals surface area contributed by atoms with Crippen LogP contribution in [0.1, 0.15) is 22.3 Å². The van der Waals surface area contributed by atoms with Gasteiger partial charge in [-0.05, 0) is 73.2 Å². The van der Waals surface area contributed by atoms with Crippen molar-refractivity contribution in [1.82, 2.24) is 0 Å². The van der Waals surface area contributed by atoms with Crippen LogP contribution in [0.3, 0.4) is 0 Å². The Morgan fingerprint density at radius 3 is 1.88 bits per heavy atom. The maximum Gasteiger partial charge on any atom is 0.123 e. The van der Waals surface area contributed by atoms with Crippen molar-refractivity contribution in [2.24, 2.45) is 0 Å². The van der Waals surface area contributed by atoms with E-state index in [0.717, 1.165) is 11.1 Å². The summed E-state index contributed by atoms with van der Waals surface area (Å²) in [6.07, 6.45) is 0. The first-order valence-corrected chi connectivity index (χ1v) is 5.83. The molecule has 0 aromatic heterocycles. The number of benzene rings is 2. The third-order valence-corrected chi connectivity index (χ3v) is 3.32. The van der Waals surface area contributed by atoms with Crippen LogP contribution in [0.25, 0.3) is 11.1 Å². The van der Waals surface area contributed by atoms with Crippen LogP contribution in [0.4, 0.5) is 4.39 Å². The zero-order valence-electron chi connectivity index (χ0n) is 10.8. The second-order valence-corrected chi connectivity index (χ2v) is 4.71. The van der Waals surface area contributed by atoms with E-state index in [9.17, 15) is 4.39 Å². The van der Waals surface area contributed by atoms with Gasteiger partial charge in [0.15, 0.2) is 0 Å². The van der Waals surface area contributed by atoms with E-state index in [1.54, 1.807) is 6.07 Å². The molecular weight excluding hydrogens is 211 g/mol. The molecule has 0 unspecified atom stereocenters. The minimum Gasteiger partial charge on any atom is -0.207 e. The summed E-state index contributed by atoms with van der Waals surface area (Å²) in [7, 11) is 0. The van der Waals surface area contributed by atoms with E-state index in [1.165, 1.54) is 28.3 Å². The maximum absolute atomic E-state index is 13.1. The van der Waals surface area contributed by atoms with Crippen LogP contribution in [-0.4, -0.2) is 0 Å².